The predicted octanol–water partition coefficient (Wildman–Crippen LogP) is 2.33. The lowest BCUT2D eigenvalue weighted by Gasteiger charge is -2.31. The molecule has 0 atom stereocenters. The Kier molecular flexibility index (Phi) is 6.63. The van der Waals surface area contributed by atoms with Crippen LogP contribution in [0.1, 0.15) is 30.1 Å². The van der Waals surface area contributed by atoms with Crippen molar-refractivity contribution in [3.05, 3.63) is 54.1 Å². The Morgan fingerprint density at radius 2 is 1.55 bits per heavy atom. The van der Waals surface area contributed by atoms with Crippen LogP contribution < -0.4 is 5.32 Å². The van der Waals surface area contributed by atoms with Crippen LogP contribution >= 0.6 is 0 Å². The second-order valence-corrected chi connectivity index (χ2v) is 11.4. The van der Waals surface area contributed by atoms with Gasteiger partial charge in [-0.05, 0) is 44.0 Å². The topological polar surface area (TPSA) is 118 Å². The van der Waals surface area contributed by atoms with Gasteiger partial charge in [0.1, 0.15) is 4.90 Å². The number of hydrogen-bond acceptors (Lipinski definition) is 6. The molecule has 0 bridgehead atoms. The molecule has 0 saturated carbocycles. The van der Waals surface area contributed by atoms with Crippen LogP contribution in [0.4, 0.5) is 5.69 Å². The van der Waals surface area contributed by atoms with Crippen molar-refractivity contribution in [1.29, 1.82) is 0 Å². The number of hydrogen-bond donors (Lipinski definition) is 1. The van der Waals surface area contributed by atoms with Crippen molar-refractivity contribution in [2.75, 3.05) is 24.7 Å². The largest absolute Gasteiger partial charge is 0.326 e. The number of anilines is 1. The molecule has 0 unspecified atom stereocenters. The Morgan fingerprint density at radius 3 is 2.13 bits per heavy atom. The number of ketones is 1. The first-order chi connectivity index (χ1) is 14.5. The Bertz CT molecular complexity index is 1210. The summed E-state index contributed by atoms with van der Waals surface area (Å²) in [5, 5.41) is 2.78. The molecule has 1 fully saturated rings. The van der Waals surface area contributed by atoms with E-state index in [0.717, 1.165) is 6.26 Å². The van der Waals surface area contributed by atoms with Crippen molar-refractivity contribution < 1.29 is 26.4 Å². The van der Waals surface area contributed by atoms with E-state index in [4.69, 9.17) is 0 Å². The lowest BCUT2D eigenvalue weighted by molar-refractivity contribution is -0.120. The number of sulfonamides is 1. The predicted molar refractivity (Wildman–Crippen MR) is 116 cm³/mol. The summed E-state index contributed by atoms with van der Waals surface area (Å²) in [6.45, 7) is 1.65. The van der Waals surface area contributed by atoms with Crippen molar-refractivity contribution in [1.82, 2.24) is 4.31 Å². The molecule has 2 aromatic carbocycles. The van der Waals surface area contributed by atoms with Crippen LogP contribution in [-0.4, -0.2) is 52.2 Å². The number of nitrogens with one attached hydrogen (secondary N) is 1. The smallest absolute Gasteiger partial charge is 0.244 e. The molecule has 1 amide bonds. The van der Waals surface area contributed by atoms with Crippen molar-refractivity contribution in [2.45, 2.75) is 29.6 Å². The number of amides is 1. The quantitative estimate of drug-likeness (QED) is 0.656. The van der Waals surface area contributed by atoms with E-state index >= 15 is 0 Å². The fourth-order valence-electron chi connectivity index (χ4n) is 3.53. The maximum Gasteiger partial charge on any atom is 0.244 e. The summed E-state index contributed by atoms with van der Waals surface area (Å²) in [5.41, 5.74) is 0.998. The van der Waals surface area contributed by atoms with Crippen LogP contribution in [0.3, 0.4) is 0 Å². The summed E-state index contributed by atoms with van der Waals surface area (Å²) >= 11 is 0. The summed E-state index contributed by atoms with van der Waals surface area (Å²) in [7, 11) is -7.73. The Hall–Kier alpha value is -2.56. The molecule has 1 N–H and O–H groups in total. The van der Waals surface area contributed by atoms with Gasteiger partial charge in [0, 0.05) is 36.5 Å². The molecule has 10 heteroatoms. The average Bonchev–Trinajstić information content (AvgIpc) is 2.73. The number of carbonyl (C=O) groups excluding carboxylic acids is 2. The third-order valence-corrected chi connectivity index (χ3v) is 8.47. The highest BCUT2D eigenvalue weighted by Gasteiger charge is 2.34. The molecule has 0 spiro atoms. The fourth-order valence-corrected chi connectivity index (χ4v) is 6.60. The number of Topliss-reactive ketones (excluding diaryl/α,β-unsaturated/α-hetero) is 1. The van der Waals surface area contributed by atoms with E-state index in [2.05, 4.69) is 5.32 Å². The van der Waals surface area contributed by atoms with Gasteiger partial charge in [-0.1, -0.05) is 24.3 Å². The highest BCUT2D eigenvalue weighted by Crippen LogP contribution is 2.28. The molecule has 1 aliphatic heterocycles. The number of piperidine rings is 1. The van der Waals surface area contributed by atoms with Crippen LogP contribution in [0.5, 0.6) is 0 Å². The van der Waals surface area contributed by atoms with Gasteiger partial charge in [-0.2, -0.15) is 4.31 Å². The maximum atomic E-state index is 13.1. The summed E-state index contributed by atoms with van der Waals surface area (Å²) in [5.74, 6) is -0.740. The van der Waals surface area contributed by atoms with Gasteiger partial charge in [0.25, 0.3) is 0 Å². The van der Waals surface area contributed by atoms with Gasteiger partial charge < -0.3 is 5.32 Å². The van der Waals surface area contributed by atoms with Gasteiger partial charge in [0.2, 0.25) is 15.9 Å². The van der Waals surface area contributed by atoms with Gasteiger partial charge in [-0.25, -0.2) is 16.8 Å². The van der Waals surface area contributed by atoms with Crippen LogP contribution in [0.25, 0.3) is 0 Å². The number of nitrogens with zero attached hydrogens (tertiary/aromatic N) is 1. The highest BCUT2D eigenvalue weighted by molar-refractivity contribution is 7.93. The molecule has 2 aromatic rings. The van der Waals surface area contributed by atoms with Gasteiger partial charge in [-0.15, -0.1) is 0 Å². The van der Waals surface area contributed by atoms with E-state index in [0.29, 0.717) is 24.1 Å². The molecular formula is C21H24N2O6S2. The molecule has 1 aliphatic rings. The molecule has 1 saturated heterocycles. The van der Waals surface area contributed by atoms with Crippen LogP contribution in [0, 0.1) is 5.92 Å². The highest BCUT2D eigenvalue weighted by atomic mass is 32.2. The van der Waals surface area contributed by atoms with Crippen molar-refractivity contribution in [2.24, 2.45) is 5.92 Å². The summed E-state index contributed by atoms with van der Waals surface area (Å²) in [6, 6.07) is 12.2. The average molecular weight is 465 g/mol. The number of carbonyl (C=O) groups is 2. The molecule has 0 aromatic heterocycles. The lowest BCUT2D eigenvalue weighted by Crippen LogP contribution is -2.41. The van der Waals surface area contributed by atoms with Crippen LogP contribution in [0.15, 0.2) is 58.3 Å². The normalized spacial score (nSPS) is 16.1. The minimum Gasteiger partial charge on any atom is -0.326 e. The second-order valence-electron chi connectivity index (χ2n) is 7.52. The van der Waals surface area contributed by atoms with E-state index in [1.165, 1.54) is 35.5 Å². The standard InChI is InChI=1S/C21H24N2O6S2/c1-15(24)17-6-5-7-18(14-17)22-21(25)16-10-12-23(13-11-16)31(28,29)20-9-4-3-8-19(20)30(2,26)27/h3-9,14,16H,10-13H2,1-2H3,(H,22,25). The molecular weight excluding hydrogens is 440 g/mol. The monoisotopic (exact) mass is 464 g/mol. The fraction of sp³-hybridized carbons (Fsp3) is 0.333. The number of benzene rings is 2. The van der Waals surface area contributed by atoms with Crippen LogP contribution in [0.2, 0.25) is 0 Å². The number of rotatable bonds is 6. The van der Waals surface area contributed by atoms with E-state index < -0.39 is 25.8 Å². The Balaban J connectivity index is 1.70. The molecule has 3 rings (SSSR count). The van der Waals surface area contributed by atoms with E-state index in [-0.39, 0.29) is 34.6 Å². The summed E-state index contributed by atoms with van der Waals surface area (Å²) in [4.78, 5) is 23.6. The second kappa shape index (κ2) is 8.89. The molecule has 31 heavy (non-hydrogen) atoms. The van der Waals surface area contributed by atoms with Crippen molar-refractivity contribution in [3.8, 4) is 0 Å². The van der Waals surface area contributed by atoms with Gasteiger partial charge in [0.05, 0.1) is 4.90 Å². The first-order valence-corrected chi connectivity index (χ1v) is 13.0. The summed E-state index contributed by atoms with van der Waals surface area (Å²) in [6.07, 6.45) is 1.58. The molecule has 1 heterocycles. The van der Waals surface area contributed by atoms with E-state index in [9.17, 15) is 26.4 Å². The van der Waals surface area contributed by atoms with Gasteiger partial charge >= 0.3 is 0 Å². The van der Waals surface area contributed by atoms with Crippen molar-refractivity contribution >= 4 is 37.2 Å². The Labute approximate surface area is 182 Å². The SMILES string of the molecule is CC(=O)c1cccc(NC(=O)C2CCN(S(=O)(=O)c3ccccc3S(C)(=O)=O)CC2)c1. The van der Waals surface area contributed by atoms with Crippen LogP contribution in [-0.2, 0) is 24.7 Å². The van der Waals surface area contributed by atoms with Crippen molar-refractivity contribution in [3.63, 3.8) is 0 Å². The number of sulfone groups is 1. The minimum atomic E-state index is -4.01. The Morgan fingerprint density at radius 1 is 0.935 bits per heavy atom. The van der Waals surface area contributed by atoms with Gasteiger partial charge in [0.15, 0.2) is 15.6 Å². The minimum absolute atomic E-state index is 0.103. The first kappa shape index (κ1) is 23.1. The zero-order valence-corrected chi connectivity index (χ0v) is 18.9. The molecule has 8 nitrogen and oxygen atoms in total. The van der Waals surface area contributed by atoms with E-state index in [1.54, 1.807) is 24.3 Å². The molecule has 0 aliphatic carbocycles. The third-order valence-electron chi connectivity index (χ3n) is 5.23. The summed E-state index contributed by atoms with van der Waals surface area (Å²) < 4.78 is 51.3. The lowest BCUT2D eigenvalue weighted by atomic mass is 9.97. The maximum absolute atomic E-state index is 13.1. The van der Waals surface area contributed by atoms with Gasteiger partial charge in [-0.3, -0.25) is 9.59 Å². The first-order valence-electron chi connectivity index (χ1n) is 9.71. The zero-order chi connectivity index (χ0) is 22.8. The third kappa shape index (κ3) is 5.20. The molecule has 0 radical (unpaired) electrons. The van der Waals surface area contributed by atoms with E-state index in [1.807, 2.05) is 0 Å². The molecule has 166 valence electrons. The zero-order valence-electron chi connectivity index (χ0n) is 17.2.